The van der Waals surface area contributed by atoms with Gasteiger partial charge in [-0.25, -0.2) is 4.98 Å². The van der Waals surface area contributed by atoms with Crippen LogP contribution < -0.4 is 15.1 Å². The van der Waals surface area contributed by atoms with Gasteiger partial charge in [0.2, 0.25) is 5.95 Å². The molecular formula is C25H36N5+. The zero-order chi connectivity index (χ0) is 20.8. The van der Waals surface area contributed by atoms with Crippen LogP contribution >= 0.6 is 0 Å². The molecule has 0 bridgehead atoms. The highest BCUT2D eigenvalue weighted by Gasteiger charge is 2.16. The molecule has 2 heterocycles. The molecule has 0 saturated carbocycles. The Bertz CT molecular complexity index is 920. The maximum atomic E-state index is 4.90. The lowest BCUT2D eigenvalue weighted by Gasteiger charge is -2.24. The lowest BCUT2D eigenvalue weighted by molar-refractivity contribution is -0.905. The highest BCUT2D eigenvalue weighted by atomic mass is 15.2. The van der Waals surface area contributed by atoms with E-state index in [0.717, 1.165) is 37.6 Å². The molecule has 5 heteroatoms. The number of piperidine rings is 1. The second-order valence-electron chi connectivity index (χ2n) is 8.33. The molecule has 5 nitrogen and oxygen atoms in total. The number of fused-ring (bicyclic) bond motifs is 1. The minimum Gasteiger partial charge on any atom is -0.372 e. The van der Waals surface area contributed by atoms with Crippen molar-refractivity contribution in [1.29, 1.82) is 0 Å². The third-order valence-electron chi connectivity index (χ3n) is 6.42. The van der Waals surface area contributed by atoms with Crippen LogP contribution in [0.15, 0.2) is 48.5 Å². The van der Waals surface area contributed by atoms with Crippen molar-refractivity contribution in [1.82, 2.24) is 9.55 Å². The first-order valence-electron chi connectivity index (χ1n) is 11.6. The van der Waals surface area contributed by atoms with Crippen LogP contribution in [0, 0.1) is 0 Å². The number of nitrogens with one attached hydrogen (secondary N) is 2. The Labute approximate surface area is 180 Å². The quantitative estimate of drug-likeness (QED) is 0.571. The van der Waals surface area contributed by atoms with Crippen molar-refractivity contribution in [2.24, 2.45) is 0 Å². The van der Waals surface area contributed by atoms with E-state index < -0.39 is 0 Å². The Balaban J connectivity index is 1.46. The summed E-state index contributed by atoms with van der Waals surface area (Å²) in [5, 5.41) is 3.61. The van der Waals surface area contributed by atoms with E-state index in [1.165, 1.54) is 55.7 Å². The number of aromatic nitrogens is 2. The second-order valence-corrected chi connectivity index (χ2v) is 8.33. The van der Waals surface area contributed by atoms with Crippen molar-refractivity contribution in [3.63, 3.8) is 0 Å². The van der Waals surface area contributed by atoms with Crippen LogP contribution in [-0.2, 0) is 13.1 Å². The Morgan fingerprint density at radius 1 is 0.967 bits per heavy atom. The monoisotopic (exact) mass is 406 g/mol. The molecule has 1 saturated heterocycles. The first-order chi connectivity index (χ1) is 14.8. The van der Waals surface area contributed by atoms with Crippen LogP contribution in [0.5, 0.6) is 0 Å². The van der Waals surface area contributed by atoms with Crippen molar-refractivity contribution in [2.75, 3.05) is 42.9 Å². The molecule has 2 aromatic carbocycles. The summed E-state index contributed by atoms with van der Waals surface area (Å²) in [5.41, 5.74) is 4.88. The van der Waals surface area contributed by atoms with Crippen LogP contribution in [0.4, 0.5) is 11.6 Å². The Morgan fingerprint density at radius 2 is 1.70 bits per heavy atom. The fourth-order valence-corrected chi connectivity index (χ4v) is 4.60. The third kappa shape index (κ3) is 4.78. The SMILES string of the molecule is CCN(CC)c1ccc(CNc2nc3ccccc3n2CC[NH+]2CCCCC2)cc1. The summed E-state index contributed by atoms with van der Waals surface area (Å²) in [5.74, 6) is 0.987. The molecule has 2 N–H and O–H groups in total. The first-order valence-corrected chi connectivity index (χ1v) is 11.6. The number of quaternary nitrogens is 1. The predicted octanol–water partition coefficient (Wildman–Crippen LogP) is 3.56. The van der Waals surface area contributed by atoms with Gasteiger partial charge >= 0.3 is 0 Å². The Hall–Kier alpha value is -2.53. The molecule has 1 aromatic heterocycles. The normalized spacial score (nSPS) is 14.9. The topological polar surface area (TPSA) is 37.5 Å². The molecule has 1 fully saturated rings. The van der Waals surface area contributed by atoms with E-state index in [1.54, 1.807) is 4.90 Å². The number of nitrogens with zero attached hydrogens (tertiary/aromatic N) is 3. The van der Waals surface area contributed by atoms with Crippen LogP contribution in [0.1, 0.15) is 38.7 Å². The smallest absolute Gasteiger partial charge is 0.204 e. The summed E-state index contributed by atoms with van der Waals surface area (Å²) in [6.45, 7) is 12.1. The number of likely N-dealkylation sites (tertiary alicyclic amines) is 1. The molecule has 160 valence electrons. The summed E-state index contributed by atoms with van der Waals surface area (Å²) in [4.78, 5) is 9.01. The van der Waals surface area contributed by atoms with Gasteiger partial charge in [0.25, 0.3) is 0 Å². The first kappa shape index (κ1) is 20.7. The van der Waals surface area contributed by atoms with E-state index in [0.29, 0.717) is 0 Å². The average Bonchev–Trinajstić information content (AvgIpc) is 3.16. The van der Waals surface area contributed by atoms with E-state index in [1.807, 2.05) is 0 Å². The summed E-state index contributed by atoms with van der Waals surface area (Å²) < 4.78 is 2.38. The molecule has 1 aliphatic heterocycles. The lowest BCUT2D eigenvalue weighted by Crippen LogP contribution is -3.13. The highest BCUT2D eigenvalue weighted by molar-refractivity contribution is 5.78. The van der Waals surface area contributed by atoms with E-state index >= 15 is 0 Å². The summed E-state index contributed by atoms with van der Waals surface area (Å²) in [7, 11) is 0. The number of rotatable bonds is 9. The number of anilines is 2. The number of benzene rings is 2. The molecule has 30 heavy (non-hydrogen) atoms. The maximum absolute atomic E-state index is 4.90. The molecular weight excluding hydrogens is 370 g/mol. The van der Waals surface area contributed by atoms with Crippen molar-refractivity contribution >= 4 is 22.7 Å². The van der Waals surface area contributed by atoms with Gasteiger partial charge < -0.3 is 19.7 Å². The summed E-state index contributed by atoms with van der Waals surface area (Å²) in [6.07, 6.45) is 4.14. The van der Waals surface area contributed by atoms with E-state index in [4.69, 9.17) is 4.98 Å². The largest absolute Gasteiger partial charge is 0.372 e. The summed E-state index contributed by atoms with van der Waals surface area (Å²) >= 11 is 0. The minimum absolute atomic E-state index is 0.790. The molecule has 0 spiro atoms. The number of hydrogen-bond acceptors (Lipinski definition) is 3. The molecule has 0 amide bonds. The van der Waals surface area contributed by atoms with Crippen LogP contribution in [0.25, 0.3) is 11.0 Å². The van der Waals surface area contributed by atoms with Crippen molar-refractivity contribution in [3.8, 4) is 0 Å². The summed E-state index contributed by atoms with van der Waals surface area (Å²) in [6, 6.07) is 17.4. The fraction of sp³-hybridized carbons (Fsp3) is 0.480. The molecule has 1 aliphatic rings. The molecule has 0 atom stereocenters. The molecule has 0 aliphatic carbocycles. The molecule has 0 radical (unpaired) electrons. The van der Waals surface area contributed by atoms with E-state index in [2.05, 4.69) is 77.2 Å². The second kappa shape index (κ2) is 9.98. The van der Waals surface area contributed by atoms with Gasteiger partial charge in [-0.3, -0.25) is 0 Å². The van der Waals surface area contributed by atoms with Gasteiger partial charge in [0.1, 0.15) is 0 Å². The van der Waals surface area contributed by atoms with Crippen LogP contribution in [0.2, 0.25) is 0 Å². The molecule has 3 aromatic rings. The van der Waals surface area contributed by atoms with Gasteiger partial charge in [-0.2, -0.15) is 0 Å². The Morgan fingerprint density at radius 3 is 2.43 bits per heavy atom. The third-order valence-corrected chi connectivity index (χ3v) is 6.42. The standard InChI is InChI=1S/C25H35N5/c1-3-29(4-2)22-14-12-21(13-15-22)20-26-25-27-23-10-6-7-11-24(23)30(25)19-18-28-16-8-5-9-17-28/h6-7,10-15H,3-5,8-9,16-20H2,1-2H3,(H,26,27)/p+1. The average molecular weight is 407 g/mol. The van der Waals surface area contributed by atoms with Gasteiger partial charge in [-0.1, -0.05) is 24.3 Å². The van der Waals surface area contributed by atoms with Crippen molar-refractivity contribution < 1.29 is 4.90 Å². The fourth-order valence-electron chi connectivity index (χ4n) is 4.60. The zero-order valence-corrected chi connectivity index (χ0v) is 18.5. The van der Waals surface area contributed by atoms with Gasteiger partial charge in [-0.05, 0) is 62.9 Å². The molecule has 0 unspecified atom stereocenters. The molecule has 4 rings (SSSR count). The number of imidazole rings is 1. The predicted molar refractivity (Wildman–Crippen MR) is 126 cm³/mol. The van der Waals surface area contributed by atoms with Crippen molar-refractivity contribution in [2.45, 2.75) is 46.2 Å². The van der Waals surface area contributed by atoms with Gasteiger partial charge in [0.05, 0.1) is 37.2 Å². The van der Waals surface area contributed by atoms with Gasteiger partial charge in [-0.15, -0.1) is 0 Å². The number of para-hydroxylation sites is 2. The highest BCUT2D eigenvalue weighted by Crippen LogP contribution is 2.21. The number of hydrogen-bond donors (Lipinski definition) is 2. The zero-order valence-electron chi connectivity index (χ0n) is 18.5. The van der Waals surface area contributed by atoms with Crippen LogP contribution in [0.3, 0.4) is 0 Å². The lowest BCUT2D eigenvalue weighted by atomic mass is 10.1. The van der Waals surface area contributed by atoms with E-state index in [9.17, 15) is 0 Å². The van der Waals surface area contributed by atoms with Gasteiger partial charge in [0.15, 0.2) is 0 Å². The Kier molecular flexibility index (Phi) is 6.90. The van der Waals surface area contributed by atoms with E-state index in [-0.39, 0.29) is 0 Å². The van der Waals surface area contributed by atoms with Crippen LogP contribution in [-0.4, -0.2) is 42.3 Å². The van der Waals surface area contributed by atoms with Crippen molar-refractivity contribution in [3.05, 3.63) is 54.1 Å². The minimum atomic E-state index is 0.790. The van der Waals surface area contributed by atoms with Gasteiger partial charge in [0, 0.05) is 25.3 Å². The maximum Gasteiger partial charge on any atom is 0.204 e.